The first-order chi connectivity index (χ1) is 6.75. The lowest BCUT2D eigenvalue weighted by molar-refractivity contribution is 0.183. The van der Waals surface area contributed by atoms with E-state index < -0.39 is 0 Å². The van der Waals surface area contributed by atoms with Gasteiger partial charge in [0.05, 0.1) is 0 Å². The van der Waals surface area contributed by atoms with Gasteiger partial charge in [-0.05, 0) is 18.8 Å². The van der Waals surface area contributed by atoms with Crippen LogP contribution < -0.4 is 5.73 Å². The topological polar surface area (TPSA) is 53.1 Å². The van der Waals surface area contributed by atoms with E-state index in [4.69, 9.17) is 22.1 Å². The predicted octanol–water partition coefficient (Wildman–Crippen LogP) is 1.55. The Morgan fingerprint density at radius 3 is 3.14 bits per heavy atom. The molecule has 0 aliphatic carbocycles. The molecule has 2 N–H and O–H groups in total. The fraction of sp³-hybridized carbons (Fsp3) is 0.667. The Labute approximate surface area is 88.0 Å². The molecule has 2 rings (SSSR count). The Bertz CT molecular complexity index is 288. The van der Waals surface area contributed by atoms with Crippen molar-refractivity contribution in [2.45, 2.75) is 19.4 Å². The van der Waals surface area contributed by atoms with Gasteiger partial charge in [0.2, 0.25) is 0 Å². The van der Waals surface area contributed by atoms with Crippen LogP contribution in [0, 0.1) is 5.92 Å². The lowest BCUT2D eigenvalue weighted by Crippen LogP contribution is -2.06. The van der Waals surface area contributed by atoms with Crippen LogP contribution in [-0.4, -0.2) is 23.0 Å². The van der Waals surface area contributed by atoms with Crippen molar-refractivity contribution < 1.29 is 4.74 Å². The van der Waals surface area contributed by atoms with Crippen molar-refractivity contribution in [1.82, 2.24) is 9.78 Å². The first-order valence-corrected chi connectivity index (χ1v) is 5.19. The number of ether oxygens (including phenoxy) is 1. The molecular weight excluding hydrogens is 202 g/mol. The van der Waals surface area contributed by atoms with E-state index in [1.54, 1.807) is 10.9 Å². The average Bonchev–Trinajstić information content (AvgIpc) is 2.74. The van der Waals surface area contributed by atoms with Crippen LogP contribution in [-0.2, 0) is 11.3 Å². The van der Waals surface area contributed by atoms with Gasteiger partial charge < -0.3 is 10.5 Å². The Balaban J connectivity index is 1.85. The van der Waals surface area contributed by atoms with E-state index in [1.807, 2.05) is 0 Å². The van der Waals surface area contributed by atoms with Gasteiger partial charge in [0.25, 0.3) is 0 Å². The molecule has 1 atom stereocenters. The quantitative estimate of drug-likeness (QED) is 0.833. The summed E-state index contributed by atoms with van der Waals surface area (Å²) in [5, 5.41) is 4.63. The standard InChI is InChI=1S/C9H14ClN3O/c10-8-5-13(12-9(8)11)3-1-7-2-4-14-6-7/h5,7H,1-4,6H2,(H2,11,12). The molecule has 0 saturated carbocycles. The molecule has 1 aromatic heterocycles. The van der Waals surface area contributed by atoms with Crippen LogP contribution in [0.4, 0.5) is 5.82 Å². The summed E-state index contributed by atoms with van der Waals surface area (Å²) in [4.78, 5) is 0. The summed E-state index contributed by atoms with van der Waals surface area (Å²) in [5.74, 6) is 1.08. The number of rotatable bonds is 3. The van der Waals surface area contributed by atoms with Gasteiger partial charge in [0.1, 0.15) is 5.02 Å². The van der Waals surface area contributed by atoms with E-state index in [9.17, 15) is 0 Å². The minimum atomic E-state index is 0.411. The van der Waals surface area contributed by atoms with E-state index >= 15 is 0 Å². The molecule has 0 amide bonds. The highest BCUT2D eigenvalue weighted by atomic mass is 35.5. The molecule has 14 heavy (non-hydrogen) atoms. The third-order valence-corrected chi connectivity index (χ3v) is 2.82. The molecule has 1 saturated heterocycles. The van der Waals surface area contributed by atoms with Gasteiger partial charge >= 0.3 is 0 Å². The molecule has 0 aromatic carbocycles. The second kappa shape index (κ2) is 4.19. The largest absolute Gasteiger partial charge is 0.381 e. The zero-order chi connectivity index (χ0) is 9.97. The van der Waals surface area contributed by atoms with Crippen LogP contribution in [0.1, 0.15) is 12.8 Å². The SMILES string of the molecule is Nc1nn(CCC2CCOC2)cc1Cl. The molecular formula is C9H14ClN3O. The first-order valence-electron chi connectivity index (χ1n) is 4.82. The zero-order valence-corrected chi connectivity index (χ0v) is 8.70. The number of anilines is 1. The number of aromatic nitrogens is 2. The van der Waals surface area contributed by atoms with Gasteiger partial charge in [-0.15, -0.1) is 0 Å². The molecule has 78 valence electrons. The number of aryl methyl sites for hydroxylation is 1. The molecule has 1 aliphatic rings. The van der Waals surface area contributed by atoms with Crippen molar-refractivity contribution in [2.75, 3.05) is 18.9 Å². The molecule has 0 radical (unpaired) electrons. The van der Waals surface area contributed by atoms with Gasteiger partial charge in [0, 0.05) is 26.0 Å². The van der Waals surface area contributed by atoms with E-state index in [1.165, 1.54) is 0 Å². The molecule has 1 fully saturated rings. The van der Waals surface area contributed by atoms with E-state index in [0.717, 1.165) is 32.6 Å². The molecule has 2 heterocycles. The van der Waals surface area contributed by atoms with Crippen molar-refractivity contribution in [1.29, 1.82) is 0 Å². The predicted molar refractivity (Wildman–Crippen MR) is 55.2 cm³/mol. The van der Waals surface area contributed by atoms with Crippen molar-refractivity contribution in [3.63, 3.8) is 0 Å². The number of halogens is 1. The second-order valence-electron chi connectivity index (χ2n) is 3.64. The van der Waals surface area contributed by atoms with Crippen LogP contribution in [0.15, 0.2) is 6.20 Å². The lowest BCUT2D eigenvalue weighted by atomic mass is 10.1. The maximum Gasteiger partial charge on any atom is 0.164 e. The highest BCUT2D eigenvalue weighted by Crippen LogP contribution is 2.19. The molecule has 1 aromatic rings. The lowest BCUT2D eigenvalue weighted by Gasteiger charge is -2.06. The van der Waals surface area contributed by atoms with E-state index in [0.29, 0.717) is 16.8 Å². The summed E-state index contributed by atoms with van der Waals surface area (Å²) in [5.41, 5.74) is 5.54. The summed E-state index contributed by atoms with van der Waals surface area (Å²) < 4.78 is 7.10. The van der Waals surface area contributed by atoms with Crippen LogP contribution >= 0.6 is 11.6 Å². The van der Waals surface area contributed by atoms with Gasteiger partial charge in [-0.1, -0.05) is 11.6 Å². The van der Waals surface area contributed by atoms with Crippen molar-refractivity contribution in [2.24, 2.45) is 5.92 Å². The summed E-state index contributed by atoms with van der Waals surface area (Å²) >= 11 is 5.79. The van der Waals surface area contributed by atoms with Gasteiger partial charge in [-0.25, -0.2) is 0 Å². The number of hydrogen-bond donors (Lipinski definition) is 1. The van der Waals surface area contributed by atoms with Crippen LogP contribution in [0.5, 0.6) is 0 Å². The molecule has 0 spiro atoms. The Kier molecular flexibility index (Phi) is 2.93. The molecule has 1 aliphatic heterocycles. The van der Waals surface area contributed by atoms with Gasteiger partial charge in [-0.2, -0.15) is 5.10 Å². The fourth-order valence-electron chi connectivity index (χ4n) is 1.65. The molecule has 1 unspecified atom stereocenters. The number of nitrogens with two attached hydrogens (primary N) is 1. The Morgan fingerprint density at radius 2 is 2.57 bits per heavy atom. The molecule has 4 nitrogen and oxygen atoms in total. The maximum absolute atomic E-state index is 5.79. The maximum atomic E-state index is 5.79. The van der Waals surface area contributed by atoms with Crippen molar-refractivity contribution in [3.05, 3.63) is 11.2 Å². The minimum absolute atomic E-state index is 0.411. The summed E-state index contributed by atoms with van der Waals surface area (Å²) in [6.07, 6.45) is 4.01. The third-order valence-electron chi connectivity index (χ3n) is 2.53. The summed E-state index contributed by atoms with van der Waals surface area (Å²) in [6, 6.07) is 0. The van der Waals surface area contributed by atoms with Crippen molar-refractivity contribution >= 4 is 17.4 Å². The van der Waals surface area contributed by atoms with E-state index in [2.05, 4.69) is 5.10 Å². The third kappa shape index (κ3) is 2.19. The molecule has 0 bridgehead atoms. The molecule has 5 heteroatoms. The minimum Gasteiger partial charge on any atom is -0.381 e. The summed E-state index contributed by atoms with van der Waals surface area (Å²) in [6.45, 7) is 2.64. The first kappa shape index (κ1) is 9.80. The highest BCUT2D eigenvalue weighted by Gasteiger charge is 2.15. The number of nitrogens with zero attached hydrogens (tertiary/aromatic N) is 2. The van der Waals surface area contributed by atoms with Gasteiger partial charge in [0.15, 0.2) is 5.82 Å². The van der Waals surface area contributed by atoms with E-state index in [-0.39, 0.29) is 0 Å². The highest BCUT2D eigenvalue weighted by molar-refractivity contribution is 6.32. The van der Waals surface area contributed by atoms with Crippen LogP contribution in [0.2, 0.25) is 5.02 Å². The Hall–Kier alpha value is -0.740. The van der Waals surface area contributed by atoms with Crippen molar-refractivity contribution in [3.8, 4) is 0 Å². The zero-order valence-electron chi connectivity index (χ0n) is 7.95. The van der Waals surface area contributed by atoms with Crippen LogP contribution in [0.3, 0.4) is 0 Å². The second-order valence-corrected chi connectivity index (χ2v) is 4.05. The Morgan fingerprint density at radius 1 is 1.71 bits per heavy atom. The monoisotopic (exact) mass is 215 g/mol. The summed E-state index contributed by atoms with van der Waals surface area (Å²) in [7, 11) is 0. The normalized spacial score (nSPS) is 21.6. The fourth-order valence-corrected chi connectivity index (χ4v) is 1.80. The average molecular weight is 216 g/mol. The number of nitrogen functional groups attached to an aromatic ring is 1. The smallest absolute Gasteiger partial charge is 0.164 e. The van der Waals surface area contributed by atoms with Gasteiger partial charge in [-0.3, -0.25) is 4.68 Å². The number of hydrogen-bond acceptors (Lipinski definition) is 3. The van der Waals surface area contributed by atoms with Crippen LogP contribution in [0.25, 0.3) is 0 Å².